The van der Waals surface area contributed by atoms with Crippen molar-refractivity contribution in [1.82, 2.24) is 0 Å². The van der Waals surface area contributed by atoms with Gasteiger partial charge < -0.3 is 30.1 Å². The summed E-state index contributed by atoms with van der Waals surface area (Å²) in [6.45, 7) is 16.7. The molecular formula is C26H40B2N2O4. The third kappa shape index (κ3) is 3.64. The zero-order valence-electron chi connectivity index (χ0n) is 22.1. The van der Waals surface area contributed by atoms with Crippen LogP contribution in [0.4, 0.5) is 0 Å². The lowest BCUT2D eigenvalue weighted by Gasteiger charge is -2.38. The van der Waals surface area contributed by atoms with Gasteiger partial charge in [-0.25, -0.2) is 0 Å². The maximum Gasteiger partial charge on any atom is 0.490 e. The zero-order chi connectivity index (χ0) is 24.8. The largest absolute Gasteiger partial charge is 0.490 e. The standard InChI is InChI=1S/C26H40B2N2O4/c1-23(2)24(3,4)32-27(31-23)15-9-11-17-18-12-10-16(28-33-25(5,6)26(7,8)34-28)14-20(18)22(30)21(29)19(17)13-15/h13-14,21-22H,9-12,29-30H2,1-8H3. The Hall–Kier alpha value is -1.15. The molecule has 2 saturated heterocycles. The van der Waals surface area contributed by atoms with Crippen molar-refractivity contribution in [1.29, 1.82) is 0 Å². The molecule has 34 heavy (non-hydrogen) atoms. The summed E-state index contributed by atoms with van der Waals surface area (Å²) in [7, 11) is -0.668. The van der Waals surface area contributed by atoms with Gasteiger partial charge in [0.2, 0.25) is 0 Å². The second-order valence-corrected chi connectivity index (χ2v) is 12.5. The average Bonchev–Trinajstić information content (AvgIpc) is 3.10. The van der Waals surface area contributed by atoms with E-state index in [9.17, 15) is 0 Å². The van der Waals surface area contributed by atoms with Crippen molar-refractivity contribution in [2.75, 3.05) is 0 Å². The maximum atomic E-state index is 6.76. The second kappa shape index (κ2) is 7.67. The van der Waals surface area contributed by atoms with Crippen LogP contribution in [0, 0.1) is 0 Å². The van der Waals surface area contributed by atoms with Gasteiger partial charge in [0.25, 0.3) is 0 Å². The third-order valence-electron chi connectivity index (χ3n) is 9.29. The third-order valence-corrected chi connectivity index (χ3v) is 9.29. The van der Waals surface area contributed by atoms with Gasteiger partial charge in [-0.15, -0.1) is 0 Å². The molecule has 2 heterocycles. The summed E-state index contributed by atoms with van der Waals surface area (Å²) in [5, 5.41) is 0. The van der Waals surface area contributed by atoms with E-state index in [0.29, 0.717) is 0 Å². The Kier molecular flexibility index (Phi) is 5.54. The molecule has 0 bridgehead atoms. The van der Waals surface area contributed by atoms with E-state index in [1.54, 1.807) is 0 Å². The molecule has 0 aromatic carbocycles. The maximum absolute atomic E-state index is 6.76. The minimum absolute atomic E-state index is 0.264. The van der Waals surface area contributed by atoms with Crippen molar-refractivity contribution in [3.05, 3.63) is 45.4 Å². The van der Waals surface area contributed by atoms with Gasteiger partial charge in [0, 0.05) is 12.1 Å². The fraction of sp³-hybridized carbons (Fsp3) is 0.692. The molecule has 0 aromatic heterocycles. The van der Waals surface area contributed by atoms with Crippen molar-refractivity contribution < 1.29 is 18.6 Å². The first kappa shape index (κ1) is 24.5. The summed E-state index contributed by atoms with van der Waals surface area (Å²) in [4.78, 5) is 0. The lowest BCUT2D eigenvalue weighted by Crippen LogP contribution is -2.48. The Balaban J connectivity index is 1.46. The molecule has 3 aliphatic carbocycles. The van der Waals surface area contributed by atoms with Gasteiger partial charge in [-0.1, -0.05) is 12.2 Å². The molecule has 0 spiro atoms. The predicted molar refractivity (Wildman–Crippen MR) is 137 cm³/mol. The van der Waals surface area contributed by atoms with Crippen LogP contribution in [0.1, 0.15) is 81.1 Å². The van der Waals surface area contributed by atoms with E-state index in [4.69, 9.17) is 30.1 Å². The Morgan fingerprint density at radius 1 is 0.588 bits per heavy atom. The van der Waals surface area contributed by atoms with Crippen LogP contribution in [0.5, 0.6) is 0 Å². The monoisotopic (exact) mass is 466 g/mol. The fourth-order valence-electron chi connectivity index (χ4n) is 5.54. The molecule has 4 N–H and O–H groups in total. The summed E-state index contributed by atoms with van der Waals surface area (Å²) in [5.74, 6) is 0. The van der Waals surface area contributed by atoms with Gasteiger partial charge in [0.1, 0.15) is 0 Å². The van der Waals surface area contributed by atoms with Crippen LogP contribution in [-0.4, -0.2) is 48.7 Å². The highest BCUT2D eigenvalue weighted by Gasteiger charge is 2.54. The molecule has 5 aliphatic rings. The van der Waals surface area contributed by atoms with Gasteiger partial charge in [0.05, 0.1) is 22.4 Å². The highest BCUT2D eigenvalue weighted by Crippen LogP contribution is 2.47. The van der Waals surface area contributed by atoms with Crippen LogP contribution >= 0.6 is 0 Å². The molecule has 8 heteroatoms. The average molecular weight is 466 g/mol. The van der Waals surface area contributed by atoms with Crippen LogP contribution < -0.4 is 11.5 Å². The summed E-state index contributed by atoms with van der Waals surface area (Å²) in [6, 6.07) is -0.527. The highest BCUT2D eigenvalue weighted by molar-refractivity contribution is 6.55. The lowest BCUT2D eigenvalue weighted by atomic mass is 9.63. The van der Waals surface area contributed by atoms with E-state index < -0.39 is 0 Å². The topological polar surface area (TPSA) is 89.0 Å². The molecular weight excluding hydrogens is 426 g/mol. The normalized spacial score (nSPS) is 33.6. The zero-order valence-corrected chi connectivity index (χ0v) is 22.1. The Labute approximate surface area is 205 Å². The van der Waals surface area contributed by atoms with Crippen LogP contribution in [0.25, 0.3) is 0 Å². The smallest absolute Gasteiger partial charge is 0.400 e. The lowest BCUT2D eigenvalue weighted by molar-refractivity contribution is 0.00578. The van der Waals surface area contributed by atoms with Crippen LogP contribution in [0.15, 0.2) is 45.4 Å². The summed E-state index contributed by atoms with van der Waals surface area (Å²) < 4.78 is 25.3. The Morgan fingerprint density at radius 2 is 0.882 bits per heavy atom. The predicted octanol–water partition coefficient (Wildman–Crippen LogP) is 3.95. The Morgan fingerprint density at radius 3 is 1.18 bits per heavy atom. The van der Waals surface area contributed by atoms with Crippen molar-refractivity contribution in [3.63, 3.8) is 0 Å². The van der Waals surface area contributed by atoms with Crippen LogP contribution in [0.3, 0.4) is 0 Å². The van der Waals surface area contributed by atoms with E-state index in [1.807, 2.05) is 0 Å². The van der Waals surface area contributed by atoms with Gasteiger partial charge in [-0.05, 0) is 114 Å². The molecule has 0 saturated carbocycles. The number of nitrogens with two attached hydrogens (primary N) is 2. The van der Waals surface area contributed by atoms with E-state index in [0.717, 1.165) is 47.8 Å². The molecule has 2 unspecified atom stereocenters. The summed E-state index contributed by atoms with van der Waals surface area (Å²) >= 11 is 0. The van der Waals surface area contributed by atoms with E-state index in [-0.39, 0.29) is 48.7 Å². The molecule has 0 radical (unpaired) electrons. The first-order valence-corrected chi connectivity index (χ1v) is 12.7. The van der Waals surface area contributed by atoms with Crippen LogP contribution in [0.2, 0.25) is 0 Å². The number of rotatable bonds is 2. The van der Waals surface area contributed by atoms with E-state index >= 15 is 0 Å². The second-order valence-electron chi connectivity index (χ2n) is 12.5. The number of fused-ring (bicyclic) bond motifs is 1. The number of hydrogen-bond acceptors (Lipinski definition) is 6. The first-order chi connectivity index (χ1) is 15.6. The number of hydrogen-bond donors (Lipinski definition) is 2. The molecule has 2 aliphatic heterocycles. The molecule has 0 amide bonds. The van der Waals surface area contributed by atoms with Crippen molar-refractivity contribution in [3.8, 4) is 0 Å². The summed E-state index contributed by atoms with van der Waals surface area (Å²) in [6.07, 6.45) is 8.10. The first-order valence-electron chi connectivity index (χ1n) is 12.7. The minimum atomic E-state index is -0.355. The van der Waals surface area contributed by atoms with Crippen molar-refractivity contribution in [2.45, 2.75) is 116 Å². The van der Waals surface area contributed by atoms with E-state index in [2.05, 4.69) is 67.5 Å². The molecule has 6 nitrogen and oxygen atoms in total. The van der Waals surface area contributed by atoms with Gasteiger partial charge >= 0.3 is 14.2 Å². The highest BCUT2D eigenvalue weighted by atomic mass is 16.7. The van der Waals surface area contributed by atoms with Gasteiger partial charge in [-0.3, -0.25) is 0 Å². The molecule has 0 aromatic rings. The number of allylic oxidation sites excluding steroid dienone is 4. The Bertz CT molecular complexity index is 923. The van der Waals surface area contributed by atoms with Crippen LogP contribution in [-0.2, 0) is 18.6 Å². The van der Waals surface area contributed by atoms with Gasteiger partial charge in [0.15, 0.2) is 0 Å². The fourth-order valence-corrected chi connectivity index (χ4v) is 5.54. The van der Waals surface area contributed by atoms with Gasteiger partial charge in [-0.2, -0.15) is 0 Å². The molecule has 2 fully saturated rings. The van der Waals surface area contributed by atoms with Crippen molar-refractivity contribution in [2.24, 2.45) is 11.5 Å². The van der Waals surface area contributed by atoms with E-state index in [1.165, 1.54) is 11.1 Å². The summed E-state index contributed by atoms with van der Waals surface area (Å²) in [5.41, 5.74) is 19.4. The molecule has 2 atom stereocenters. The molecule has 184 valence electrons. The van der Waals surface area contributed by atoms with Crippen molar-refractivity contribution >= 4 is 14.2 Å². The quantitative estimate of drug-likeness (QED) is 0.600. The molecule has 5 rings (SSSR count). The SMILES string of the molecule is CC1(C)OB(C2=CC3=C(CC2)C2=C(C=C(B4OC(C)(C)C(C)(C)O4)CC2)C(N)C3N)OC1(C)C. The minimum Gasteiger partial charge on any atom is -0.400 e.